The van der Waals surface area contributed by atoms with Gasteiger partial charge in [-0.3, -0.25) is 0 Å². The van der Waals surface area contributed by atoms with E-state index in [1.54, 1.807) is 0 Å². The van der Waals surface area contributed by atoms with Crippen molar-refractivity contribution in [2.24, 2.45) is 0 Å². The monoisotopic (exact) mass is 170 g/mol. The molecule has 11 heavy (non-hydrogen) atoms. The summed E-state index contributed by atoms with van der Waals surface area (Å²) in [5.41, 5.74) is 1.18. The minimum absolute atomic E-state index is 0.612. The molecule has 0 saturated heterocycles. The zero-order chi connectivity index (χ0) is 8.53. The molecule has 0 aliphatic carbocycles. The van der Waals surface area contributed by atoms with Gasteiger partial charge >= 0.3 is 0 Å². The Morgan fingerprint density at radius 1 is 1.09 bits per heavy atom. The van der Waals surface area contributed by atoms with Crippen molar-refractivity contribution in [3.8, 4) is 0 Å². The van der Waals surface area contributed by atoms with Crippen LogP contribution in [0.15, 0.2) is 30.3 Å². The van der Waals surface area contributed by atoms with Crippen molar-refractivity contribution in [3.05, 3.63) is 35.9 Å². The lowest BCUT2D eigenvalue weighted by molar-refractivity contribution is 1.09. The highest BCUT2D eigenvalue weighted by Crippen LogP contribution is 2.00. The van der Waals surface area contributed by atoms with E-state index in [0.29, 0.717) is 5.88 Å². The number of hydrogen-bond acceptors (Lipinski definition) is 0. The van der Waals surface area contributed by atoms with Crippen LogP contribution in [0.5, 0.6) is 0 Å². The lowest BCUT2D eigenvalue weighted by Crippen LogP contribution is -1.71. The van der Waals surface area contributed by atoms with E-state index in [1.807, 2.05) is 30.3 Å². The molecule has 0 aliphatic rings. The standard InChI is InChI=1S/C7H7Cl.C3H8/c8-6-7-4-2-1-3-5-7;1-3-2/h1-5H,6H2;3H2,1-2H3. The molecule has 0 spiro atoms. The average Bonchev–Trinajstić information content (AvgIpc) is 2.08. The number of rotatable bonds is 1. The normalized spacial score (nSPS) is 8.27. The molecule has 0 bridgehead atoms. The number of alkyl halides is 1. The van der Waals surface area contributed by atoms with E-state index >= 15 is 0 Å². The van der Waals surface area contributed by atoms with Gasteiger partial charge in [0.05, 0.1) is 0 Å². The first-order chi connectivity index (χ1) is 5.35. The molecule has 1 heteroatoms. The maximum absolute atomic E-state index is 5.53. The van der Waals surface area contributed by atoms with E-state index in [2.05, 4.69) is 13.8 Å². The van der Waals surface area contributed by atoms with Crippen LogP contribution in [0.2, 0.25) is 0 Å². The van der Waals surface area contributed by atoms with Crippen molar-refractivity contribution in [1.29, 1.82) is 0 Å². The molecule has 0 heterocycles. The van der Waals surface area contributed by atoms with Crippen LogP contribution < -0.4 is 0 Å². The summed E-state index contributed by atoms with van der Waals surface area (Å²) in [6, 6.07) is 9.96. The van der Waals surface area contributed by atoms with Crippen molar-refractivity contribution in [2.75, 3.05) is 0 Å². The van der Waals surface area contributed by atoms with Crippen molar-refractivity contribution < 1.29 is 0 Å². The summed E-state index contributed by atoms with van der Waals surface area (Å²) in [5, 5.41) is 0. The van der Waals surface area contributed by atoms with E-state index in [9.17, 15) is 0 Å². The molecule has 0 aromatic heterocycles. The lowest BCUT2D eigenvalue weighted by Gasteiger charge is -1.88. The van der Waals surface area contributed by atoms with Crippen LogP contribution in [0.25, 0.3) is 0 Å². The maximum atomic E-state index is 5.53. The Hall–Kier alpha value is -0.490. The number of halogens is 1. The molecular formula is C10H15Cl. The molecule has 0 saturated carbocycles. The van der Waals surface area contributed by atoms with Crippen LogP contribution in [-0.4, -0.2) is 0 Å². The van der Waals surface area contributed by atoms with Gasteiger partial charge in [-0.2, -0.15) is 0 Å². The molecule has 62 valence electrons. The van der Waals surface area contributed by atoms with Crippen molar-refractivity contribution in [1.82, 2.24) is 0 Å². The van der Waals surface area contributed by atoms with Crippen LogP contribution in [0.4, 0.5) is 0 Å². The first kappa shape index (κ1) is 10.5. The van der Waals surface area contributed by atoms with Crippen LogP contribution >= 0.6 is 11.6 Å². The van der Waals surface area contributed by atoms with E-state index in [4.69, 9.17) is 11.6 Å². The second-order valence-electron chi connectivity index (χ2n) is 2.33. The van der Waals surface area contributed by atoms with Crippen LogP contribution in [0, 0.1) is 0 Å². The largest absolute Gasteiger partial charge is 0.122 e. The maximum Gasteiger partial charge on any atom is 0.0474 e. The first-order valence-corrected chi connectivity index (χ1v) is 4.48. The summed E-state index contributed by atoms with van der Waals surface area (Å²) in [7, 11) is 0. The topological polar surface area (TPSA) is 0 Å². The molecule has 0 unspecified atom stereocenters. The Bertz CT molecular complexity index is 158. The molecule has 0 atom stereocenters. The van der Waals surface area contributed by atoms with Gasteiger partial charge in [0.1, 0.15) is 0 Å². The lowest BCUT2D eigenvalue weighted by atomic mass is 10.2. The minimum atomic E-state index is 0.612. The third-order valence-corrected chi connectivity index (χ3v) is 1.31. The van der Waals surface area contributed by atoms with E-state index in [1.165, 1.54) is 12.0 Å². The molecule has 1 aromatic carbocycles. The fraction of sp³-hybridized carbons (Fsp3) is 0.400. The zero-order valence-corrected chi connectivity index (χ0v) is 7.93. The van der Waals surface area contributed by atoms with Crippen LogP contribution in [0.3, 0.4) is 0 Å². The summed E-state index contributed by atoms with van der Waals surface area (Å²) >= 11 is 5.53. The van der Waals surface area contributed by atoms with Gasteiger partial charge in [0, 0.05) is 5.88 Å². The Balaban J connectivity index is 0.000000292. The van der Waals surface area contributed by atoms with E-state index < -0.39 is 0 Å². The van der Waals surface area contributed by atoms with Gasteiger partial charge in [-0.15, -0.1) is 11.6 Å². The molecule has 0 radical (unpaired) electrons. The quantitative estimate of drug-likeness (QED) is 0.562. The van der Waals surface area contributed by atoms with E-state index in [0.717, 1.165) is 0 Å². The van der Waals surface area contributed by atoms with Crippen molar-refractivity contribution in [2.45, 2.75) is 26.1 Å². The third-order valence-electron chi connectivity index (χ3n) is 0.997. The fourth-order valence-corrected chi connectivity index (χ4v) is 0.745. The highest BCUT2D eigenvalue weighted by Gasteiger charge is 1.81. The van der Waals surface area contributed by atoms with Gasteiger partial charge in [-0.05, 0) is 5.56 Å². The number of benzene rings is 1. The predicted molar refractivity (Wildman–Crippen MR) is 52.0 cm³/mol. The Morgan fingerprint density at radius 2 is 1.55 bits per heavy atom. The number of hydrogen-bond donors (Lipinski definition) is 0. The summed E-state index contributed by atoms with van der Waals surface area (Å²) < 4.78 is 0. The average molecular weight is 171 g/mol. The Labute approximate surface area is 74.2 Å². The summed E-state index contributed by atoms with van der Waals surface area (Å²) in [5.74, 6) is 0.612. The van der Waals surface area contributed by atoms with E-state index in [-0.39, 0.29) is 0 Å². The first-order valence-electron chi connectivity index (χ1n) is 3.95. The summed E-state index contributed by atoms with van der Waals surface area (Å²) in [4.78, 5) is 0. The van der Waals surface area contributed by atoms with Gasteiger partial charge < -0.3 is 0 Å². The molecular weight excluding hydrogens is 156 g/mol. The molecule has 0 nitrogen and oxygen atoms in total. The summed E-state index contributed by atoms with van der Waals surface area (Å²) in [6.07, 6.45) is 1.25. The van der Waals surface area contributed by atoms with Gasteiger partial charge in [0.15, 0.2) is 0 Å². The molecule has 0 amide bonds. The Kier molecular flexibility index (Phi) is 7.28. The van der Waals surface area contributed by atoms with Crippen molar-refractivity contribution in [3.63, 3.8) is 0 Å². The molecule has 1 aromatic rings. The van der Waals surface area contributed by atoms with Gasteiger partial charge in [-0.1, -0.05) is 50.6 Å². The zero-order valence-electron chi connectivity index (χ0n) is 7.18. The second-order valence-corrected chi connectivity index (χ2v) is 2.59. The summed E-state index contributed by atoms with van der Waals surface area (Å²) in [6.45, 7) is 4.25. The third kappa shape index (κ3) is 5.93. The SMILES string of the molecule is CCC.ClCc1ccccc1. The minimum Gasteiger partial charge on any atom is -0.122 e. The highest BCUT2D eigenvalue weighted by atomic mass is 35.5. The fourth-order valence-electron chi connectivity index (χ4n) is 0.567. The highest BCUT2D eigenvalue weighted by molar-refractivity contribution is 6.17. The Morgan fingerprint density at radius 3 is 1.82 bits per heavy atom. The van der Waals surface area contributed by atoms with Gasteiger partial charge in [-0.25, -0.2) is 0 Å². The van der Waals surface area contributed by atoms with Crippen LogP contribution in [-0.2, 0) is 5.88 Å². The molecule has 0 aliphatic heterocycles. The van der Waals surface area contributed by atoms with Gasteiger partial charge in [0.2, 0.25) is 0 Å². The molecule has 1 rings (SSSR count). The molecule has 0 N–H and O–H groups in total. The van der Waals surface area contributed by atoms with Crippen molar-refractivity contribution >= 4 is 11.6 Å². The second kappa shape index (κ2) is 7.62. The predicted octanol–water partition coefficient (Wildman–Crippen LogP) is 3.84. The van der Waals surface area contributed by atoms with Crippen LogP contribution in [0.1, 0.15) is 25.8 Å². The molecule has 0 fully saturated rings. The smallest absolute Gasteiger partial charge is 0.0474 e. The van der Waals surface area contributed by atoms with Gasteiger partial charge in [0.25, 0.3) is 0 Å².